The minimum absolute atomic E-state index is 0.432. The predicted molar refractivity (Wildman–Crippen MR) is 59.2 cm³/mol. The molecule has 2 rings (SSSR count). The van der Waals surface area contributed by atoms with Crippen LogP contribution >= 0.6 is 23.1 Å². The quantitative estimate of drug-likeness (QED) is 0.777. The zero-order valence-corrected chi connectivity index (χ0v) is 9.54. The van der Waals surface area contributed by atoms with Gasteiger partial charge in [-0.25, -0.2) is 4.98 Å². The van der Waals surface area contributed by atoms with Crippen molar-refractivity contribution >= 4 is 23.1 Å². The summed E-state index contributed by atoms with van der Waals surface area (Å²) >= 11 is 3.71. The molecule has 2 nitrogen and oxygen atoms in total. The van der Waals surface area contributed by atoms with Crippen LogP contribution in [0, 0.1) is 12.8 Å². The Morgan fingerprint density at radius 2 is 2.46 bits per heavy atom. The Morgan fingerprint density at radius 3 is 3.00 bits per heavy atom. The lowest BCUT2D eigenvalue weighted by molar-refractivity contribution is 0.525. The molecule has 0 aliphatic carbocycles. The minimum Gasteiger partial charge on any atom is -0.300 e. The molecule has 1 aromatic rings. The van der Waals surface area contributed by atoms with E-state index in [1.807, 2.05) is 11.8 Å². The van der Waals surface area contributed by atoms with Crippen LogP contribution in [0.3, 0.4) is 0 Å². The zero-order chi connectivity index (χ0) is 9.26. The first-order chi connectivity index (χ1) is 6.25. The molecule has 4 heteroatoms. The summed E-state index contributed by atoms with van der Waals surface area (Å²) in [4.78, 5) is 4.49. The molecule has 1 aromatic heterocycles. The van der Waals surface area contributed by atoms with E-state index in [0.717, 1.165) is 17.5 Å². The molecule has 0 amide bonds. The highest BCUT2D eigenvalue weighted by Gasteiger charge is 2.20. The molecule has 0 aromatic carbocycles. The molecule has 1 aliphatic rings. The summed E-state index contributed by atoms with van der Waals surface area (Å²) in [5.74, 6) is 2.04. The van der Waals surface area contributed by atoms with Gasteiger partial charge in [0.1, 0.15) is 0 Å². The predicted octanol–water partition coefficient (Wildman–Crippen LogP) is 2.42. The first-order valence-corrected chi connectivity index (χ1v) is 6.45. The third kappa shape index (κ3) is 2.24. The summed E-state index contributed by atoms with van der Waals surface area (Å²) < 4.78 is 0. The van der Waals surface area contributed by atoms with Gasteiger partial charge in [-0.1, -0.05) is 6.92 Å². The van der Waals surface area contributed by atoms with Gasteiger partial charge in [0.05, 0.1) is 16.1 Å². The monoisotopic (exact) mass is 214 g/mol. The largest absolute Gasteiger partial charge is 0.300 e. The highest BCUT2D eigenvalue weighted by atomic mass is 32.2. The Hall–Kier alpha value is -0.0600. The van der Waals surface area contributed by atoms with Crippen molar-refractivity contribution in [3.05, 3.63) is 16.1 Å². The molecule has 1 aliphatic heterocycles. The van der Waals surface area contributed by atoms with Crippen LogP contribution in [0.1, 0.15) is 23.0 Å². The highest BCUT2D eigenvalue weighted by Crippen LogP contribution is 2.31. The van der Waals surface area contributed by atoms with Crippen molar-refractivity contribution in [2.45, 2.75) is 19.2 Å². The minimum atomic E-state index is 0.432. The Labute approximate surface area is 87.1 Å². The number of rotatable bonds is 1. The smallest absolute Gasteiger partial charge is 0.0970 e. The molecule has 2 unspecified atom stereocenters. The van der Waals surface area contributed by atoms with E-state index in [2.05, 4.69) is 29.5 Å². The first kappa shape index (κ1) is 9.49. The van der Waals surface area contributed by atoms with Crippen LogP contribution in [0.4, 0.5) is 0 Å². The van der Waals surface area contributed by atoms with Gasteiger partial charge >= 0.3 is 0 Å². The topological polar surface area (TPSA) is 24.9 Å². The summed E-state index contributed by atoms with van der Waals surface area (Å²) in [7, 11) is 0. The molecule has 13 heavy (non-hydrogen) atoms. The van der Waals surface area contributed by atoms with Crippen molar-refractivity contribution in [2.75, 3.05) is 12.3 Å². The number of aromatic nitrogens is 1. The van der Waals surface area contributed by atoms with Crippen LogP contribution in [0.15, 0.2) is 5.38 Å². The van der Waals surface area contributed by atoms with E-state index in [0.29, 0.717) is 5.37 Å². The SMILES string of the molecule is Cc1nc(C2NCC(C)CS2)cs1. The summed E-state index contributed by atoms with van der Waals surface area (Å²) in [6, 6.07) is 0. The molecule has 1 fully saturated rings. The highest BCUT2D eigenvalue weighted by molar-refractivity contribution is 7.99. The maximum atomic E-state index is 4.49. The lowest BCUT2D eigenvalue weighted by Crippen LogP contribution is -2.31. The van der Waals surface area contributed by atoms with Gasteiger partial charge in [-0.3, -0.25) is 0 Å². The number of nitrogens with zero attached hydrogens (tertiary/aromatic N) is 1. The van der Waals surface area contributed by atoms with E-state index in [9.17, 15) is 0 Å². The van der Waals surface area contributed by atoms with Crippen molar-refractivity contribution in [3.8, 4) is 0 Å². The number of nitrogens with one attached hydrogen (secondary N) is 1. The second-order valence-electron chi connectivity index (χ2n) is 3.52. The van der Waals surface area contributed by atoms with E-state index in [-0.39, 0.29) is 0 Å². The summed E-state index contributed by atoms with van der Waals surface area (Å²) in [6.45, 7) is 5.46. The fraction of sp³-hybridized carbons (Fsp3) is 0.667. The molecule has 1 saturated heterocycles. The molecular formula is C9H14N2S2. The Kier molecular flexibility index (Phi) is 2.91. The van der Waals surface area contributed by atoms with Gasteiger partial charge in [0.2, 0.25) is 0 Å². The maximum Gasteiger partial charge on any atom is 0.0970 e. The van der Waals surface area contributed by atoms with Crippen LogP contribution in [0.25, 0.3) is 0 Å². The summed E-state index contributed by atoms with van der Waals surface area (Å²) in [5.41, 5.74) is 1.21. The van der Waals surface area contributed by atoms with Crippen molar-refractivity contribution in [2.24, 2.45) is 5.92 Å². The third-order valence-electron chi connectivity index (χ3n) is 2.10. The van der Waals surface area contributed by atoms with Crippen LogP contribution in [-0.2, 0) is 0 Å². The summed E-state index contributed by atoms with van der Waals surface area (Å²) in [5, 5.41) is 7.26. The van der Waals surface area contributed by atoms with Gasteiger partial charge in [0.25, 0.3) is 0 Å². The Balaban J connectivity index is 2.02. The molecule has 1 N–H and O–H groups in total. The number of thioether (sulfide) groups is 1. The number of thiazole rings is 1. The van der Waals surface area contributed by atoms with Gasteiger partial charge in [-0.2, -0.15) is 0 Å². The molecule has 2 heterocycles. The molecule has 0 spiro atoms. The molecule has 2 atom stereocenters. The zero-order valence-electron chi connectivity index (χ0n) is 7.91. The number of hydrogen-bond acceptors (Lipinski definition) is 4. The second kappa shape index (κ2) is 3.98. The molecule has 0 bridgehead atoms. The van der Waals surface area contributed by atoms with Gasteiger partial charge in [0.15, 0.2) is 0 Å². The fourth-order valence-corrected chi connectivity index (χ4v) is 3.25. The summed E-state index contributed by atoms with van der Waals surface area (Å²) in [6.07, 6.45) is 0. The van der Waals surface area contributed by atoms with Crippen molar-refractivity contribution < 1.29 is 0 Å². The van der Waals surface area contributed by atoms with Gasteiger partial charge < -0.3 is 5.32 Å². The average Bonchev–Trinajstić information content (AvgIpc) is 2.53. The fourth-order valence-electron chi connectivity index (χ4n) is 1.38. The average molecular weight is 214 g/mol. The second-order valence-corrected chi connectivity index (χ2v) is 5.72. The van der Waals surface area contributed by atoms with E-state index in [1.165, 1.54) is 11.4 Å². The van der Waals surface area contributed by atoms with E-state index in [4.69, 9.17) is 0 Å². The normalized spacial score (nSPS) is 29.1. The van der Waals surface area contributed by atoms with Gasteiger partial charge in [-0.05, 0) is 25.1 Å². The number of aryl methyl sites for hydroxylation is 1. The third-order valence-corrected chi connectivity index (χ3v) is 4.40. The van der Waals surface area contributed by atoms with Gasteiger partial charge in [0, 0.05) is 5.38 Å². The molecular weight excluding hydrogens is 200 g/mol. The molecule has 72 valence electrons. The van der Waals surface area contributed by atoms with Crippen molar-refractivity contribution in [3.63, 3.8) is 0 Å². The molecule has 0 radical (unpaired) electrons. The van der Waals surface area contributed by atoms with Crippen molar-refractivity contribution in [1.82, 2.24) is 10.3 Å². The van der Waals surface area contributed by atoms with Crippen LogP contribution in [-0.4, -0.2) is 17.3 Å². The lowest BCUT2D eigenvalue weighted by Gasteiger charge is -2.25. The van der Waals surface area contributed by atoms with E-state index >= 15 is 0 Å². The maximum absolute atomic E-state index is 4.49. The first-order valence-electron chi connectivity index (χ1n) is 4.52. The molecule has 0 saturated carbocycles. The van der Waals surface area contributed by atoms with Gasteiger partial charge in [-0.15, -0.1) is 23.1 Å². The van der Waals surface area contributed by atoms with Crippen LogP contribution in [0.2, 0.25) is 0 Å². The van der Waals surface area contributed by atoms with Crippen LogP contribution < -0.4 is 5.32 Å². The van der Waals surface area contributed by atoms with Crippen LogP contribution in [0.5, 0.6) is 0 Å². The van der Waals surface area contributed by atoms with E-state index in [1.54, 1.807) is 11.3 Å². The van der Waals surface area contributed by atoms with Crippen molar-refractivity contribution in [1.29, 1.82) is 0 Å². The Bertz CT molecular complexity index is 277. The van der Waals surface area contributed by atoms with E-state index < -0.39 is 0 Å². The Morgan fingerprint density at radius 1 is 1.62 bits per heavy atom. The number of hydrogen-bond donors (Lipinski definition) is 1. The lowest BCUT2D eigenvalue weighted by atomic mass is 10.2. The standard InChI is InChI=1S/C9H14N2S2/c1-6-3-10-9(13-4-6)8-5-12-7(2)11-8/h5-6,9-10H,3-4H2,1-2H3.